The van der Waals surface area contributed by atoms with Gasteiger partial charge in [-0.2, -0.15) is 0 Å². The Kier molecular flexibility index (Phi) is 31.8. The van der Waals surface area contributed by atoms with Gasteiger partial charge in [-0.1, -0.05) is 141 Å². The fraction of sp³-hybridized carbons (Fsp3) is 0.814. The SMILES string of the molecule is CCCCC/C=C\CC1OC1C/C=C\C/C=C\CCCC(=O)OC[C@H](COP(=O)(O)OC[C@@H](O)CO)OC(=O)CCCCCCCCCCCCCC(C)C. The summed E-state index contributed by atoms with van der Waals surface area (Å²) in [5, 5.41) is 18.3. The maximum absolute atomic E-state index is 12.6. The zero-order valence-corrected chi connectivity index (χ0v) is 35.4. The molecule has 320 valence electrons. The van der Waals surface area contributed by atoms with E-state index in [1.54, 1.807) is 0 Å². The number of rotatable bonds is 38. The second kappa shape index (κ2) is 34.2. The lowest BCUT2D eigenvalue weighted by molar-refractivity contribution is -0.161. The van der Waals surface area contributed by atoms with Gasteiger partial charge in [0, 0.05) is 12.8 Å². The van der Waals surface area contributed by atoms with Crippen LogP contribution in [-0.2, 0) is 37.4 Å². The fourth-order valence-electron chi connectivity index (χ4n) is 5.92. The number of esters is 2. The Morgan fingerprint density at radius 2 is 1.24 bits per heavy atom. The van der Waals surface area contributed by atoms with E-state index in [-0.39, 0.29) is 19.4 Å². The lowest BCUT2D eigenvalue weighted by atomic mass is 10.0. The van der Waals surface area contributed by atoms with Crippen LogP contribution in [0.1, 0.15) is 168 Å². The number of carbonyl (C=O) groups is 2. The van der Waals surface area contributed by atoms with Crippen LogP contribution < -0.4 is 0 Å². The predicted molar refractivity (Wildman–Crippen MR) is 218 cm³/mol. The van der Waals surface area contributed by atoms with Gasteiger partial charge in [0.05, 0.1) is 32.0 Å². The molecule has 5 atom stereocenters. The molecule has 0 aromatic carbocycles. The van der Waals surface area contributed by atoms with Crippen LogP contribution in [-0.4, -0.2) is 77.9 Å². The highest BCUT2D eigenvalue weighted by Crippen LogP contribution is 2.43. The molecule has 1 fully saturated rings. The van der Waals surface area contributed by atoms with Crippen molar-refractivity contribution in [2.24, 2.45) is 5.92 Å². The van der Waals surface area contributed by atoms with E-state index >= 15 is 0 Å². The molecule has 3 N–H and O–H groups in total. The maximum Gasteiger partial charge on any atom is 0.472 e. The van der Waals surface area contributed by atoms with Gasteiger partial charge >= 0.3 is 19.8 Å². The number of ether oxygens (including phenoxy) is 3. The van der Waals surface area contributed by atoms with Crippen LogP contribution in [0.25, 0.3) is 0 Å². The van der Waals surface area contributed by atoms with Crippen molar-refractivity contribution in [1.29, 1.82) is 0 Å². The number of phosphoric ester groups is 1. The number of allylic oxidation sites excluding steroid dienone is 4. The largest absolute Gasteiger partial charge is 0.472 e. The Morgan fingerprint density at radius 1 is 0.691 bits per heavy atom. The standard InChI is InChI=1S/C43H77O11P/c1-4-5-6-7-19-24-29-40-41(54-40)30-25-20-15-13-17-21-26-31-42(46)50-35-39(36-52-55(48,49)51-34-38(45)33-44)53-43(47)32-27-22-16-12-10-8-9-11-14-18-23-28-37(2)3/h13,17,19-20,24-25,37-41,44-45H,4-12,14-16,18,21-23,26-36H2,1-3H3,(H,48,49)/b17-13-,24-19-,25-20-/t38-,39+,40?,41?/m0/s1. The van der Waals surface area contributed by atoms with Gasteiger partial charge in [-0.05, 0) is 57.3 Å². The number of hydrogen-bond donors (Lipinski definition) is 3. The van der Waals surface area contributed by atoms with Crippen LogP contribution >= 0.6 is 7.82 Å². The van der Waals surface area contributed by atoms with E-state index in [4.69, 9.17) is 23.8 Å². The topological polar surface area (TPSA) is 161 Å². The highest BCUT2D eigenvalue weighted by molar-refractivity contribution is 7.47. The lowest BCUT2D eigenvalue weighted by Gasteiger charge is -2.20. The summed E-state index contributed by atoms with van der Waals surface area (Å²) < 4.78 is 38.4. The fourth-order valence-corrected chi connectivity index (χ4v) is 6.71. The van der Waals surface area contributed by atoms with Crippen LogP contribution in [0.15, 0.2) is 36.5 Å². The van der Waals surface area contributed by atoms with E-state index < -0.39 is 51.8 Å². The zero-order chi connectivity index (χ0) is 40.4. The molecule has 1 aliphatic rings. The van der Waals surface area contributed by atoms with E-state index in [0.29, 0.717) is 31.5 Å². The highest BCUT2D eigenvalue weighted by Gasteiger charge is 2.36. The number of phosphoric acid groups is 1. The molecule has 1 saturated heterocycles. The molecule has 0 saturated carbocycles. The van der Waals surface area contributed by atoms with Gasteiger partial charge in [0.1, 0.15) is 12.7 Å². The summed E-state index contributed by atoms with van der Waals surface area (Å²) in [5.74, 6) is -0.203. The normalized spacial score (nSPS) is 18.0. The molecular weight excluding hydrogens is 723 g/mol. The summed E-state index contributed by atoms with van der Waals surface area (Å²) in [7, 11) is -4.63. The molecule has 12 heteroatoms. The van der Waals surface area contributed by atoms with Crippen LogP contribution in [0, 0.1) is 5.92 Å². The molecule has 0 radical (unpaired) electrons. The summed E-state index contributed by atoms with van der Waals surface area (Å²) in [4.78, 5) is 35.0. The van der Waals surface area contributed by atoms with Crippen LogP contribution in [0.3, 0.4) is 0 Å². The molecule has 3 unspecified atom stereocenters. The second-order valence-corrected chi connectivity index (χ2v) is 16.7. The molecular formula is C43H77O11P. The molecule has 11 nitrogen and oxygen atoms in total. The average Bonchev–Trinajstić information content (AvgIpc) is 3.91. The van der Waals surface area contributed by atoms with E-state index in [1.807, 2.05) is 6.08 Å². The summed E-state index contributed by atoms with van der Waals surface area (Å²) in [6.45, 7) is 4.59. The summed E-state index contributed by atoms with van der Waals surface area (Å²) in [6, 6.07) is 0. The number of aliphatic hydroxyl groups is 2. The Labute approximate surface area is 333 Å². The summed E-state index contributed by atoms with van der Waals surface area (Å²) in [5.41, 5.74) is 0. The van der Waals surface area contributed by atoms with Gasteiger partial charge in [0.25, 0.3) is 0 Å². The Morgan fingerprint density at radius 3 is 1.87 bits per heavy atom. The number of aliphatic hydroxyl groups excluding tert-OH is 2. The molecule has 0 amide bonds. The molecule has 0 bridgehead atoms. The van der Waals surface area contributed by atoms with E-state index in [1.165, 1.54) is 70.6 Å². The third-order valence-corrected chi connectivity index (χ3v) is 10.3. The number of hydrogen-bond acceptors (Lipinski definition) is 10. The van der Waals surface area contributed by atoms with E-state index in [2.05, 4.69) is 55.7 Å². The second-order valence-electron chi connectivity index (χ2n) is 15.2. The smallest absolute Gasteiger partial charge is 0.462 e. The molecule has 1 aliphatic heterocycles. The molecule has 0 aromatic rings. The number of carbonyl (C=O) groups excluding carboxylic acids is 2. The highest BCUT2D eigenvalue weighted by atomic mass is 31.2. The van der Waals surface area contributed by atoms with Gasteiger partial charge < -0.3 is 29.3 Å². The minimum absolute atomic E-state index is 0.161. The first-order chi connectivity index (χ1) is 26.6. The average molecular weight is 801 g/mol. The number of unbranched alkanes of at least 4 members (excludes halogenated alkanes) is 14. The summed E-state index contributed by atoms with van der Waals surface area (Å²) >= 11 is 0. The third-order valence-electron chi connectivity index (χ3n) is 9.38. The predicted octanol–water partition coefficient (Wildman–Crippen LogP) is 10.0. The Bertz CT molecular complexity index is 1090. The monoisotopic (exact) mass is 801 g/mol. The third kappa shape index (κ3) is 32.9. The van der Waals surface area contributed by atoms with E-state index in [9.17, 15) is 24.2 Å². The van der Waals surface area contributed by atoms with Crippen LogP contribution in [0.2, 0.25) is 0 Å². The minimum atomic E-state index is -4.63. The van der Waals surface area contributed by atoms with Gasteiger partial charge in [-0.25, -0.2) is 4.57 Å². The van der Waals surface area contributed by atoms with Crippen LogP contribution in [0.4, 0.5) is 0 Å². The van der Waals surface area contributed by atoms with Crippen molar-refractivity contribution in [2.45, 2.75) is 193 Å². The molecule has 0 spiro atoms. The van der Waals surface area contributed by atoms with Crippen molar-refractivity contribution in [2.75, 3.05) is 26.4 Å². The molecule has 1 rings (SSSR count). The molecule has 0 aromatic heterocycles. The van der Waals surface area contributed by atoms with Crippen molar-refractivity contribution >= 4 is 19.8 Å². The quantitative estimate of drug-likeness (QED) is 0.0179. The van der Waals surface area contributed by atoms with Gasteiger partial charge in [0.15, 0.2) is 6.10 Å². The summed E-state index contributed by atoms with van der Waals surface area (Å²) in [6.07, 6.45) is 34.4. The van der Waals surface area contributed by atoms with E-state index in [0.717, 1.165) is 50.9 Å². The first-order valence-electron chi connectivity index (χ1n) is 21.4. The Hall–Kier alpha value is -1.85. The Balaban J connectivity index is 2.29. The van der Waals surface area contributed by atoms with Crippen molar-refractivity contribution in [3.05, 3.63) is 36.5 Å². The zero-order valence-electron chi connectivity index (χ0n) is 34.5. The molecule has 0 aliphatic carbocycles. The maximum atomic E-state index is 12.6. The lowest BCUT2D eigenvalue weighted by Crippen LogP contribution is -2.29. The van der Waals surface area contributed by atoms with Crippen molar-refractivity contribution in [3.8, 4) is 0 Å². The minimum Gasteiger partial charge on any atom is -0.462 e. The first kappa shape index (κ1) is 51.2. The van der Waals surface area contributed by atoms with Gasteiger partial charge in [-0.15, -0.1) is 0 Å². The van der Waals surface area contributed by atoms with Gasteiger partial charge in [0.2, 0.25) is 0 Å². The van der Waals surface area contributed by atoms with Crippen molar-refractivity contribution in [1.82, 2.24) is 0 Å². The van der Waals surface area contributed by atoms with Crippen molar-refractivity contribution < 1.29 is 52.5 Å². The van der Waals surface area contributed by atoms with Gasteiger partial charge in [-0.3, -0.25) is 18.6 Å². The van der Waals surface area contributed by atoms with Crippen LogP contribution in [0.5, 0.6) is 0 Å². The van der Waals surface area contributed by atoms with Crippen molar-refractivity contribution in [3.63, 3.8) is 0 Å². The number of epoxide rings is 1. The first-order valence-corrected chi connectivity index (χ1v) is 22.9. The molecule has 1 heterocycles. The molecule has 55 heavy (non-hydrogen) atoms.